The zero-order valence-corrected chi connectivity index (χ0v) is 9.72. The minimum Gasteiger partial charge on any atom is -0.457 e. The molecule has 0 saturated carbocycles. The van der Waals surface area contributed by atoms with E-state index >= 15 is 0 Å². The number of aldehydes is 1. The zero-order valence-electron chi connectivity index (χ0n) is 9.72. The SMILES string of the molecule is CCc1ccccc1Oc1cccc(C=O)c1. The first-order valence-corrected chi connectivity index (χ1v) is 5.64. The molecule has 0 unspecified atom stereocenters. The van der Waals surface area contributed by atoms with E-state index in [9.17, 15) is 4.79 Å². The fourth-order valence-electron chi connectivity index (χ4n) is 1.67. The van der Waals surface area contributed by atoms with Crippen molar-refractivity contribution in [1.29, 1.82) is 0 Å². The second-order valence-electron chi connectivity index (χ2n) is 3.75. The molecular weight excluding hydrogens is 212 g/mol. The molecule has 0 amide bonds. The Morgan fingerprint density at radius 3 is 2.71 bits per heavy atom. The number of carbonyl (C=O) groups is 1. The molecule has 0 aliphatic heterocycles. The van der Waals surface area contributed by atoms with Crippen LogP contribution in [0.5, 0.6) is 11.5 Å². The van der Waals surface area contributed by atoms with Gasteiger partial charge in [0.1, 0.15) is 17.8 Å². The van der Waals surface area contributed by atoms with Crippen molar-refractivity contribution in [1.82, 2.24) is 0 Å². The van der Waals surface area contributed by atoms with Crippen LogP contribution < -0.4 is 4.74 Å². The van der Waals surface area contributed by atoms with Crippen LogP contribution in [-0.2, 0) is 6.42 Å². The van der Waals surface area contributed by atoms with Gasteiger partial charge in [-0.05, 0) is 30.2 Å². The van der Waals surface area contributed by atoms with Gasteiger partial charge in [0.05, 0.1) is 0 Å². The van der Waals surface area contributed by atoms with Crippen LogP contribution in [0, 0.1) is 0 Å². The molecule has 0 fully saturated rings. The van der Waals surface area contributed by atoms with Crippen LogP contribution in [0.2, 0.25) is 0 Å². The second-order valence-corrected chi connectivity index (χ2v) is 3.75. The van der Waals surface area contributed by atoms with Gasteiger partial charge in [-0.25, -0.2) is 0 Å². The fraction of sp³-hybridized carbons (Fsp3) is 0.133. The molecule has 0 radical (unpaired) electrons. The number of benzene rings is 2. The summed E-state index contributed by atoms with van der Waals surface area (Å²) in [5.74, 6) is 1.54. The highest BCUT2D eigenvalue weighted by molar-refractivity contribution is 5.75. The summed E-state index contributed by atoms with van der Waals surface area (Å²) >= 11 is 0. The summed E-state index contributed by atoms with van der Waals surface area (Å²) in [6, 6.07) is 15.1. The van der Waals surface area contributed by atoms with Gasteiger partial charge in [0.25, 0.3) is 0 Å². The molecule has 0 N–H and O–H groups in total. The minimum atomic E-state index is 0.622. The summed E-state index contributed by atoms with van der Waals surface area (Å²) in [7, 11) is 0. The molecule has 86 valence electrons. The standard InChI is InChI=1S/C15H14O2/c1-2-13-7-3-4-9-15(13)17-14-8-5-6-12(10-14)11-16/h3-11H,2H2,1H3. The van der Waals surface area contributed by atoms with Gasteiger partial charge < -0.3 is 4.74 Å². The Morgan fingerprint density at radius 2 is 1.94 bits per heavy atom. The highest BCUT2D eigenvalue weighted by Crippen LogP contribution is 2.25. The van der Waals surface area contributed by atoms with E-state index in [1.807, 2.05) is 36.4 Å². The Balaban J connectivity index is 2.27. The third-order valence-electron chi connectivity index (χ3n) is 2.58. The number of para-hydroxylation sites is 1. The van der Waals surface area contributed by atoms with Crippen LogP contribution >= 0.6 is 0 Å². The minimum absolute atomic E-state index is 0.622. The quantitative estimate of drug-likeness (QED) is 0.740. The van der Waals surface area contributed by atoms with Crippen molar-refractivity contribution in [3.63, 3.8) is 0 Å². The lowest BCUT2D eigenvalue weighted by atomic mass is 10.1. The highest BCUT2D eigenvalue weighted by atomic mass is 16.5. The third kappa shape index (κ3) is 2.72. The van der Waals surface area contributed by atoms with E-state index in [2.05, 4.69) is 6.92 Å². The maximum absolute atomic E-state index is 10.7. The van der Waals surface area contributed by atoms with Gasteiger partial charge >= 0.3 is 0 Å². The largest absolute Gasteiger partial charge is 0.457 e. The first-order chi connectivity index (χ1) is 8.33. The van der Waals surface area contributed by atoms with Crippen LogP contribution in [0.3, 0.4) is 0 Å². The molecule has 0 bridgehead atoms. The molecule has 0 aliphatic rings. The van der Waals surface area contributed by atoms with Gasteiger partial charge in [-0.1, -0.05) is 37.3 Å². The molecule has 0 saturated heterocycles. The molecule has 2 aromatic carbocycles. The second kappa shape index (κ2) is 5.30. The molecule has 2 rings (SSSR count). The summed E-state index contributed by atoms with van der Waals surface area (Å²) in [5, 5.41) is 0. The smallest absolute Gasteiger partial charge is 0.150 e. The molecule has 2 nitrogen and oxygen atoms in total. The maximum atomic E-state index is 10.7. The molecule has 17 heavy (non-hydrogen) atoms. The molecule has 0 aliphatic carbocycles. The van der Waals surface area contributed by atoms with E-state index in [0.29, 0.717) is 11.3 Å². The summed E-state index contributed by atoms with van der Waals surface area (Å²) in [6.45, 7) is 2.09. The van der Waals surface area contributed by atoms with Crippen molar-refractivity contribution in [2.45, 2.75) is 13.3 Å². The Labute approximate surface area is 101 Å². The number of hydrogen-bond acceptors (Lipinski definition) is 2. The molecule has 2 aromatic rings. The molecule has 2 heteroatoms. The average molecular weight is 226 g/mol. The van der Waals surface area contributed by atoms with Crippen molar-refractivity contribution in [3.05, 3.63) is 59.7 Å². The van der Waals surface area contributed by atoms with Crippen molar-refractivity contribution in [2.24, 2.45) is 0 Å². The van der Waals surface area contributed by atoms with Crippen molar-refractivity contribution < 1.29 is 9.53 Å². The van der Waals surface area contributed by atoms with E-state index in [0.717, 1.165) is 24.0 Å². The van der Waals surface area contributed by atoms with E-state index in [-0.39, 0.29) is 0 Å². The van der Waals surface area contributed by atoms with Gasteiger partial charge in [0.15, 0.2) is 0 Å². The topological polar surface area (TPSA) is 26.3 Å². The van der Waals surface area contributed by atoms with Crippen LogP contribution in [-0.4, -0.2) is 6.29 Å². The predicted octanol–water partition coefficient (Wildman–Crippen LogP) is 3.85. The van der Waals surface area contributed by atoms with E-state index < -0.39 is 0 Å². The number of aryl methyl sites for hydroxylation is 1. The van der Waals surface area contributed by atoms with E-state index in [1.54, 1.807) is 12.1 Å². The third-order valence-corrected chi connectivity index (χ3v) is 2.58. The Morgan fingerprint density at radius 1 is 1.12 bits per heavy atom. The molecule has 0 aromatic heterocycles. The lowest BCUT2D eigenvalue weighted by Gasteiger charge is -2.09. The van der Waals surface area contributed by atoms with Crippen molar-refractivity contribution >= 4 is 6.29 Å². The van der Waals surface area contributed by atoms with Gasteiger partial charge in [0.2, 0.25) is 0 Å². The molecule has 0 heterocycles. The van der Waals surface area contributed by atoms with Crippen LogP contribution in [0.1, 0.15) is 22.8 Å². The first-order valence-electron chi connectivity index (χ1n) is 5.64. The monoisotopic (exact) mass is 226 g/mol. The molecule has 0 spiro atoms. The van der Waals surface area contributed by atoms with E-state index in [1.165, 1.54) is 0 Å². The Kier molecular flexibility index (Phi) is 3.55. The Hall–Kier alpha value is -2.09. The fourth-order valence-corrected chi connectivity index (χ4v) is 1.67. The number of carbonyl (C=O) groups excluding carboxylic acids is 1. The Bertz CT molecular complexity index is 518. The zero-order chi connectivity index (χ0) is 12.1. The van der Waals surface area contributed by atoms with Gasteiger partial charge in [-0.3, -0.25) is 4.79 Å². The lowest BCUT2D eigenvalue weighted by molar-refractivity contribution is 0.112. The molecular formula is C15H14O2. The predicted molar refractivity (Wildman–Crippen MR) is 67.7 cm³/mol. The summed E-state index contributed by atoms with van der Waals surface area (Å²) in [6.07, 6.45) is 1.74. The number of rotatable bonds is 4. The first kappa shape index (κ1) is 11.4. The summed E-state index contributed by atoms with van der Waals surface area (Å²) in [4.78, 5) is 10.7. The van der Waals surface area contributed by atoms with Crippen LogP contribution in [0.15, 0.2) is 48.5 Å². The number of ether oxygens (including phenoxy) is 1. The van der Waals surface area contributed by atoms with Crippen molar-refractivity contribution in [3.8, 4) is 11.5 Å². The summed E-state index contributed by atoms with van der Waals surface area (Å²) < 4.78 is 5.78. The highest BCUT2D eigenvalue weighted by Gasteiger charge is 2.02. The lowest BCUT2D eigenvalue weighted by Crippen LogP contribution is -1.90. The summed E-state index contributed by atoms with van der Waals surface area (Å²) in [5.41, 5.74) is 1.78. The number of hydrogen-bond donors (Lipinski definition) is 0. The van der Waals surface area contributed by atoms with Crippen molar-refractivity contribution in [2.75, 3.05) is 0 Å². The molecule has 0 atom stereocenters. The maximum Gasteiger partial charge on any atom is 0.150 e. The van der Waals surface area contributed by atoms with Gasteiger partial charge in [-0.15, -0.1) is 0 Å². The normalized spacial score (nSPS) is 9.94. The van der Waals surface area contributed by atoms with Gasteiger partial charge in [0, 0.05) is 5.56 Å². The van der Waals surface area contributed by atoms with E-state index in [4.69, 9.17) is 4.74 Å². The van der Waals surface area contributed by atoms with Crippen LogP contribution in [0.25, 0.3) is 0 Å². The average Bonchev–Trinajstić information content (AvgIpc) is 2.39. The van der Waals surface area contributed by atoms with Gasteiger partial charge in [-0.2, -0.15) is 0 Å². The van der Waals surface area contributed by atoms with Crippen LogP contribution in [0.4, 0.5) is 0 Å².